The molecule has 3 unspecified atom stereocenters. The largest absolute Gasteiger partial charge is 0.392 e. The molecule has 0 aromatic heterocycles. The van der Waals surface area contributed by atoms with Gasteiger partial charge in [-0.1, -0.05) is 51.1 Å². The van der Waals surface area contributed by atoms with Crippen LogP contribution < -0.4 is 5.32 Å². The summed E-state index contributed by atoms with van der Waals surface area (Å²) in [6, 6.07) is 10.6. The molecule has 4 heteroatoms. The number of rotatable bonds is 6. The summed E-state index contributed by atoms with van der Waals surface area (Å²) in [6.07, 6.45) is -0.364. The Hall–Kier alpha value is -1.39. The van der Waals surface area contributed by atoms with E-state index in [9.17, 15) is 9.90 Å². The third-order valence-electron chi connectivity index (χ3n) is 4.45. The van der Waals surface area contributed by atoms with E-state index in [4.69, 9.17) is 0 Å². The molecule has 1 aliphatic heterocycles. The number of aliphatic hydroxyl groups excluding tert-OH is 1. The summed E-state index contributed by atoms with van der Waals surface area (Å²) in [5.74, 6) is 0.504. The predicted octanol–water partition coefficient (Wildman–Crippen LogP) is 2.03. The van der Waals surface area contributed by atoms with E-state index in [0.29, 0.717) is 5.92 Å². The van der Waals surface area contributed by atoms with Crippen molar-refractivity contribution in [1.29, 1.82) is 0 Å². The van der Waals surface area contributed by atoms with Crippen molar-refractivity contribution in [3.63, 3.8) is 0 Å². The van der Waals surface area contributed by atoms with Crippen molar-refractivity contribution >= 4 is 5.91 Å². The predicted molar refractivity (Wildman–Crippen MR) is 88.3 cm³/mol. The molecule has 3 atom stereocenters. The molecule has 1 amide bonds. The van der Waals surface area contributed by atoms with Gasteiger partial charge in [-0.05, 0) is 17.4 Å². The third kappa shape index (κ3) is 4.82. The van der Waals surface area contributed by atoms with Crippen LogP contribution in [0.25, 0.3) is 0 Å². The first-order chi connectivity index (χ1) is 10.5. The van der Waals surface area contributed by atoms with Gasteiger partial charge in [-0.15, -0.1) is 0 Å². The maximum Gasteiger partial charge on any atom is 0.222 e. The maximum absolute atomic E-state index is 12.0. The Morgan fingerprint density at radius 3 is 2.64 bits per heavy atom. The maximum atomic E-state index is 12.0. The third-order valence-corrected chi connectivity index (χ3v) is 4.45. The van der Waals surface area contributed by atoms with Gasteiger partial charge >= 0.3 is 0 Å². The number of carbonyl (C=O) groups is 1. The minimum atomic E-state index is -0.558. The second-order valence-corrected chi connectivity index (χ2v) is 6.85. The highest BCUT2D eigenvalue weighted by molar-refractivity contribution is 5.76. The number of benzene rings is 1. The van der Waals surface area contributed by atoms with Gasteiger partial charge in [0.05, 0.1) is 12.5 Å². The second kappa shape index (κ2) is 7.75. The molecule has 22 heavy (non-hydrogen) atoms. The van der Waals surface area contributed by atoms with Crippen LogP contribution in [0.4, 0.5) is 0 Å². The van der Waals surface area contributed by atoms with Gasteiger partial charge in [-0.2, -0.15) is 0 Å². The van der Waals surface area contributed by atoms with Crippen LogP contribution >= 0.6 is 0 Å². The summed E-state index contributed by atoms with van der Waals surface area (Å²) in [5, 5.41) is 12.9. The Kier molecular flexibility index (Phi) is 5.98. The number of amides is 1. The van der Waals surface area contributed by atoms with Crippen LogP contribution in [-0.2, 0) is 11.3 Å². The molecule has 0 spiro atoms. The minimum Gasteiger partial charge on any atom is -0.392 e. The van der Waals surface area contributed by atoms with E-state index in [0.717, 1.165) is 19.6 Å². The molecule has 0 radical (unpaired) electrons. The Morgan fingerprint density at radius 2 is 2.00 bits per heavy atom. The van der Waals surface area contributed by atoms with Crippen molar-refractivity contribution < 1.29 is 9.90 Å². The molecular formula is C18H28N2O2. The summed E-state index contributed by atoms with van der Waals surface area (Å²) < 4.78 is 0. The number of nitrogens with zero attached hydrogens (tertiary/aromatic N) is 1. The molecule has 4 nitrogen and oxygen atoms in total. The van der Waals surface area contributed by atoms with Crippen molar-refractivity contribution in [2.75, 3.05) is 13.1 Å². The fourth-order valence-corrected chi connectivity index (χ4v) is 2.92. The van der Waals surface area contributed by atoms with Gasteiger partial charge in [0.25, 0.3) is 0 Å². The van der Waals surface area contributed by atoms with Crippen molar-refractivity contribution in [2.45, 2.75) is 45.9 Å². The molecule has 1 saturated heterocycles. The second-order valence-electron chi connectivity index (χ2n) is 6.85. The summed E-state index contributed by atoms with van der Waals surface area (Å²) in [7, 11) is 0. The first-order valence-corrected chi connectivity index (χ1v) is 8.19. The van der Waals surface area contributed by atoms with E-state index < -0.39 is 6.10 Å². The Labute approximate surface area is 133 Å². The average molecular weight is 304 g/mol. The molecule has 0 saturated carbocycles. The lowest BCUT2D eigenvalue weighted by Gasteiger charge is -2.19. The molecule has 1 fully saturated rings. The molecule has 1 heterocycles. The Balaban J connectivity index is 1.82. The van der Waals surface area contributed by atoms with Crippen LogP contribution in [0, 0.1) is 11.8 Å². The highest BCUT2D eigenvalue weighted by Gasteiger charge is 2.31. The van der Waals surface area contributed by atoms with Crippen LogP contribution in [0.15, 0.2) is 30.3 Å². The minimum absolute atomic E-state index is 0.0420. The van der Waals surface area contributed by atoms with E-state index in [-0.39, 0.29) is 24.3 Å². The summed E-state index contributed by atoms with van der Waals surface area (Å²) in [6.45, 7) is 8.82. The van der Waals surface area contributed by atoms with E-state index in [1.165, 1.54) is 5.56 Å². The summed E-state index contributed by atoms with van der Waals surface area (Å²) in [5.41, 5.74) is 1.30. The highest BCUT2D eigenvalue weighted by atomic mass is 16.3. The molecule has 2 rings (SSSR count). The lowest BCUT2D eigenvalue weighted by molar-refractivity contribution is -0.124. The standard InChI is InChI=1S/C18H28N2O2/c1-13(2)17(21)9-18(22)19-16-12-20(10-14(16)3)11-15-7-5-4-6-8-15/h4-8,13-14,16-17,21H,9-12H2,1-3H3,(H,19,22). The number of nitrogens with one attached hydrogen (secondary N) is 1. The quantitative estimate of drug-likeness (QED) is 0.845. The van der Waals surface area contributed by atoms with Gasteiger partial charge < -0.3 is 10.4 Å². The van der Waals surface area contributed by atoms with Gasteiger partial charge in [-0.3, -0.25) is 9.69 Å². The SMILES string of the molecule is CC(C)C(O)CC(=O)NC1CN(Cc2ccccc2)CC1C. The lowest BCUT2D eigenvalue weighted by atomic mass is 10.0. The molecule has 122 valence electrons. The fourth-order valence-electron chi connectivity index (χ4n) is 2.92. The first-order valence-electron chi connectivity index (χ1n) is 8.19. The van der Waals surface area contributed by atoms with Gasteiger partial charge in [0.2, 0.25) is 5.91 Å². The average Bonchev–Trinajstić information content (AvgIpc) is 2.79. The summed E-state index contributed by atoms with van der Waals surface area (Å²) >= 11 is 0. The van der Waals surface area contributed by atoms with E-state index in [1.54, 1.807) is 0 Å². The Bertz CT molecular complexity index is 475. The molecule has 1 aromatic rings. The number of hydrogen-bond acceptors (Lipinski definition) is 3. The fraction of sp³-hybridized carbons (Fsp3) is 0.611. The topological polar surface area (TPSA) is 52.6 Å². The highest BCUT2D eigenvalue weighted by Crippen LogP contribution is 2.19. The Morgan fingerprint density at radius 1 is 1.32 bits per heavy atom. The number of likely N-dealkylation sites (tertiary alicyclic amines) is 1. The van der Waals surface area contributed by atoms with Crippen LogP contribution in [0.2, 0.25) is 0 Å². The van der Waals surface area contributed by atoms with Crippen molar-refractivity contribution in [2.24, 2.45) is 11.8 Å². The van der Waals surface area contributed by atoms with Crippen LogP contribution in [0.5, 0.6) is 0 Å². The van der Waals surface area contributed by atoms with Gasteiger partial charge in [0, 0.05) is 25.7 Å². The van der Waals surface area contributed by atoms with E-state index in [1.807, 2.05) is 19.9 Å². The van der Waals surface area contributed by atoms with E-state index >= 15 is 0 Å². The normalized spacial score (nSPS) is 23.7. The zero-order chi connectivity index (χ0) is 16.1. The van der Waals surface area contributed by atoms with Gasteiger partial charge in [0.15, 0.2) is 0 Å². The zero-order valence-electron chi connectivity index (χ0n) is 13.8. The molecular weight excluding hydrogens is 276 g/mol. The monoisotopic (exact) mass is 304 g/mol. The van der Waals surface area contributed by atoms with Crippen molar-refractivity contribution in [3.8, 4) is 0 Å². The van der Waals surface area contributed by atoms with Crippen LogP contribution in [-0.4, -0.2) is 41.1 Å². The van der Waals surface area contributed by atoms with Gasteiger partial charge in [0.1, 0.15) is 0 Å². The molecule has 0 bridgehead atoms. The van der Waals surface area contributed by atoms with Crippen LogP contribution in [0.1, 0.15) is 32.8 Å². The molecule has 1 aliphatic rings. The number of hydrogen-bond donors (Lipinski definition) is 2. The first kappa shape index (κ1) is 17.0. The lowest BCUT2D eigenvalue weighted by Crippen LogP contribution is -2.41. The van der Waals surface area contributed by atoms with Crippen molar-refractivity contribution in [3.05, 3.63) is 35.9 Å². The zero-order valence-corrected chi connectivity index (χ0v) is 13.8. The molecule has 2 N–H and O–H groups in total. The summed E-state index contributed by atoms with van der Waals surface area (Å²) in [4.78, 5) is 14.4. The molecule has 0 aliphatic carbocycles. The smallest absolute Gasteiger partial charge is 0.222 e. The number of aliphatic hydroxyl groups is 1. The van der Waals surface area contributed by atoms with Crippen LogP contribution in [0.3, 0.4) is 0 Å². The van der Waals surface area contributed by atoms with E-state index in [2.05, 4.69) is 41.4 Å². The van der Waals surface area contributed by atoms with Crippen molar-refractivity contribution in [1.82, 2.24) is 10.2 Å². The number of carbonyl (C=O) groups excluding carboxylic acids is 1. The molecule has 1 aromatic carbocycles. The van der Waals surface area contributed by atoms with Gasteiger partial charge in [-0.25, -0.2) is 0 Å².